The van der Waals surface area contributed by atoms with Crippen molar-refractivity contribution in [3.8, 4) is 5.69 Å². The number of para-hydroxylation sites is 1. The Balaban J connectivity index is 1.64. The van der Waals surface area contributed by atoms with Gasteiger partial charge in [0.15, 0.2) is 0 Å². The lowest BCUT2D eigenvalue weighted by atomic mass is 10.1. The summed E-state index contributed by atoms with van der Waals surface area (Å²) in [5.41, 5.74) is 6.75. The summed E-state index contributed by atoms with van der Waals surface area (Å²) in [6, 6.07) is 18.7. The number of aryl methyl sites for hydroxylation is 3. The van der Waals surface area contributed by atoms with Crippen LogP contribution >= 0.6 is 0 Å². The van der Waals surface area contributed by atoms with Crippen molar-refractivity contribution in [1.82, 2.24) is 14.7 Å². The molecule has 0 aliphatic carbocycles. The minimum Gasteiger partial charge on any atom is -0.341 e. The molecule has 146 valence electrons. The summed E-state index contributed by atoms with van der Waals surface area (Å²) in [6.07, 6.45) is 2.33. The largest absolute Gasteiger partial charge is 0.341 e. The summed E-state index contributed by atoms with van der Waals surface area (Å²) in [6.45, 7) is 6.81. The molecular weight excluding hydrogens is 346 g/mol. The van der Waals surface area contributed by atoms with Gasteiger partial charge in [0.05, 0.1) is 11.4 Å². The van der Waals surface area contributed by atoms with Gasteiger partial charge in [-0.05, 0) is 49.9 Å². The number of carbonyl (C=O) groups excluding carboxylic acids is 1. The van der Waals surface area contributed by atoms with E-state index in [1.54, 1.807) is 0 Å². The molecule has 0 unspecified atom stereocenters. The molecule has 0 aliphatic heterocycles. The summed E-state index contributed by atoms with van der Waals surface area (Å²) < 4.78 is 1.96. The summed E-state index contributed by atoms with van der Waals surface area (Å²) >= 11 is 0. The maximum atomic E-state index is 12.6. The molecule has 3 aromatic rings. The van der Waals surface area contributed by atoms with Crippen LogP contribution in [0.5, 0.6) is 0 Å². The Morgan fingerprint density at radius 2 is 1.64 bits per heavy atom. The molecule has 4 nitrogen and oxygen atoms in total. The highest BCUT2D eigenvalue weighted by Crippen LogP contribution is 2.19. The van der Waals surface area contributed by atoms with Crippen LogP contribution in [0.3, 0.4) is 0 Å². The second-order valence-electron chi connectivity index (χ2n) is 7.32. The molecule has 0 aliphatic rings. The van der Waals surface area contributed by atoms with E-state index in [2.05, 4.69) is 43.2 Å². The number of hydrogen-bond donors (Lipinski definition) is 0. The van der Waals surface area contributed by atoms with Gasteiger partial charge >= 0.3 is 0 Å². The average Bonchev–Trinajstić information content (AvgIpc) is 3.01. The van der Waals surface area contributed by atoms with Gasteiger partial charge in [0.25, 0.3) is 0 Å². The highest BCUT2D eigenvalue weighted by Gasteiger charge is 2.17. The zero-order chi connectivity index (χ0) is 20.1. The van der Waals surface area contributed by atoms with Crippen LogP contribution < -0.4 is 0 Å². The monoisotopic (exact) mass is 375 g/mol. The van der Waals surface area contributed by atoms with E-state index in [-0.39, 0.29) is 5.91 Å². The van der Waals surface area contributed by atoms with Gasteiger partial charge in [0.1, 0.15) is 0 Å². The van der Waals surface area contributed by atoms with Crippen molar-refractivity contribution in [2.24, 2.45) is 0 Å². The molecule has 0 saturated carbocycles. The molecule has 1 aromatic heterocycles. The van der Waals surface area contributed by atoms with Crippen molar-refractivity contribution in [3.63, 3.8) is 0 Å². The summed E-state index contributed by atoms with van der Waals surface area (Å²) in [4.78, 5) is 14.5. The van der Waals surface area contributed by atoms with Crippen molar-refractivity contribution in [1.29, 1.82) is 0 Å². The van der Waals surface area contributed by atoms with Crippen molar-refractivity contribution in [2.45, 2.75) is 46.6 Å². The van der Waals surface area contributed by atoms with Crippen molar-refractivity contribution >= 4 is 5.91 Å². The Morgan fingerprint density at radius 3 is 2.29 bits per heavy atom. The first kappa shape index (κ1) is 19.9. The molecule has 0 radical (unpaired) electrons. The predicted molar refractivity (Wildman–Crippen MR) is 114 cm³/mol. The molecule has 0 N–H and O–H groups in total. The van der Waals surface area contributed by atoms with E-state index >= 15 is 0 Å². The van der Waals surface area contributed by atoms with Crippen LogP contribution in [-0.2, 0) is 24.2 Å². The summed E-state index contributed by atoms with van der Waals surface area (Å²) in [5, 5.41) is 4.68. The van der Waals surface area contributed by atoms with Gasteiger partial charge in [-0.15, -0.1) is 0 Å². The molecule has 0 atom stereocenters. The van der Waals surface area contributed by atoms with Gasteiger partial charge in [-0.2, -0.15) is 5.10 Å². The lowest BCUT2D eigenvalue weighted by Gasteiger charge is -2.18. The highest BCUT2D eigenvalue weighted by atomic mass is 16.2. The Bertz CT molecular complexity index is 926. The molecule has 0 bridgehead atoms. The van der Waals surface area contributed by atoms with Crippen LogP contribution in [0.25, 0.3) is 5.69 Å². The fourth-order valence-electron chi connectivity index (χ4n) is 3.43. The van der Waals surface area contributed by atoms with Gasteiger partial charge in [-0.1, -0.05) is 49.4 Å². The van der Waals surface area contributed by atoms with Crippen LogP contribution in [0.15, 0.2) is 54.6 Å². The maximum absolute atomic E-state index is 12.6. The number of benzene rings is 2. The maximum Gasteiger partial charge on any atom is 0.222 e. The smallest absolute Gasteiger partial charge is 0.222 e. The first-order chi connectivity index (χ1) is 13.5. The molecule has 4 heteroatoms. The highest BCUT2D eigenvalue weighted by molar-refractivity contribution is 5.76. The Hall–Kier alpha value is -2.88. The van der Waals surface area contributed by atoms with Gasteiger partial charge in [-0.25, -0.2) is 4.68 Å². The van der Waals surface area contributed by atoms with Gasteiger partial charge in [-0.3, -0.25) is 4.79 Å². The molecule has 0 saturated heterocycles. The Labute approximate surface area is 167 Å². The van der Waals surface area contributed by atoms with Crippen molar-refractivity contribution < 1.29 is 4.79 Å². The van der Waals surface area contributed by atoms with Crippen LogP contribution in [0, 0.1) is 13.8 Å². The third kappa shape index (κ3) is 4.50. The number of rotatable bonds is 7. The fourth-order valence-corrected chi connectivity index (χ4v) is 3.43. The third-order valence-electron chi connectivity index (χ3n) is 5.32. The van der Waals surface area contributed by atoms with E-state index in [9.17, 15) is 4.79 Å². The van der Waals surface area contributed by atoms with E-state index < -0.39 is 0 Å². The second-order valence-corrected chi connectivity index (χ2v) is 7.32. The fraction of sp³-hybridized carbons (Fsp3) is 0.333. The molecule has 1 heterocycles. The Kier molecular flexibility index (Phi) is 6.30. The third-order valence-corrected chi connectivity index (χ3v) is 5.32. The quantitative estimate of drug-likeness (QED) is 0.603. The van der Waals surface area contributed by atoms with Crippen molar-refractivity contribution in [2.75, 3.05) is 7.05 Å². The Morgan fingerprint density at radius 1 is 1.00 bits per heavy atom. The average molecular weight is 376 g/mol. The predicted octanol–water partition coefficient (Wildman–Crippen LogP) is 4.64. The van der Waals surface area contributed by atoms with Gasteiger partial charge < -0.3 is 4.90 Å². The second kappa shape index (κ2) is 8.87. The lowest BCUT2D eigenvalue weighted by molar-refractivity contribution is -0.130. The molecule has 0 spiro atoms. The number of carbonyl (C=O) groups is 1. The summed E-state index contributed by atoms with van der Waals surface area (Å²) in [7, 11) is 1.88. The normalized spacial score (nSPS) is 10.9. The van der Waals surface area contributed by atoms with Crippen LogP contribution in [0.2, 0.25) is 0 Å². The molecule has 28 heavy (non-hydrogen) atoms. The number of amides is 1. The van der Waals surface area contributed by atoms with Gasteiger partial charge in [0.2, 0.25) is 5.91 Å². The molecule has 3 rings (SSSR count). The summed E-state index contributed by atoms with van der Waals surface area (Å²) in [5.74, 6) is 0.158. The zero-order valence-electron chi connectivity index (χ0n) is 17.3. The first-order valence-electron chi connectivity index (χ1n) is 9.92. The lowest BCUT2D eigenvalue weighted by Crippen LogP contribution is -2.27. The van der Waals surface area contributed by atoms with Crippen LogP contribution in [0.4, 0.5) is 0 Å². The van der Waals surface area contributed by atoms with E-state index in [0.717, 1.165) is 35.5 Å². The van der Waals surface area contributed by atoms with Crippen molar-refractivity contribution in [3.05, 3.63) is 82.7 Å². The van der Waals surface area contributed by atoms with Gasteiger partial charge in [0, 0.05) is 31.3 Å². The minimum absolute atomic E-state index is 0.158. The van der Waals surface area contributed by atoms with E-state index in [1.807, 2.05) is 53.9 Å². The zero-order valence-corrected chi connectivity index (χ0v) is 17.3. The topological polar surface area (TPSA) is 38.1 Å². The molecular formula is C24H29N3O. The number of nitrogens with zero attached hydrogens (tertiary/aromatic N) is 3. The first-order valence-corrected chi connectivity index (χ1v) is 9.92. The molecule has 1 amide bonds. The number of hydrogen-bond acceptors (Lipinski definition) is 2. The van der Waals surface area contributed by atoms with E-state index in [0.29, 0.717) is 13.0 Å². The SMILES string of the molecule is CCc1ccc(CCC(=O)N(C)Cc2c(C)nn(-c3ccccc3)c2C)cc1. The standard InChI is InChI=1S/C24H29N3O/c1-5-20-11-13-21(14-12-20)15-16-24(28)26(4)17-23-18(2)25-27(19(23)3)22-9-7-6-8-10-22/h6-14H,5,15-17H2,1-4H3. The minimum atomic E-state index is 0.158. The van der Waals surface area contributed by atoms with E-state index in [1.165, 1.54) is 11.1 Å². The van der Waals surface area contributed by atoms with E-state index in [4.69, 9.17) is 0 Å². The van der Waals surface area contributed by atoms with Crippen LogP contribution in [-0.4, -0.2) is 27.6 Å². The molecule has 2 aromatic carbocycles. The van der Waals surface area contributed by atoms with Crippen LogP contribution in [0.1, 0.15) is 41.4 Å². The number of aromatic nitrogens is 2. The molecule has 0 fully saturated rings.